The van der Waals surface area contributed by atoms with Crippen LogP contribution in [0.3, 0.4) is 0 Å². The van der Waals surface area contributed by atoms with Crippen LogP contribution in [0.25, 0.3) is 11.3 Å². The van der Waals surface area contributed by atoms with Gasteiger partial charge in [-0.2, -0.15) is 0 Å². The van der Waals surface area contributed by atoms with Crippen LogP contribution in [0, 0.1) is 5.92 Å². The van der Waals surface area contributed by atoms with E-state index in [2.05, 4.69) is 10.1 Å². The molecule has 1 unspecified atom stereocenters. The average molecular weight is 300 g/mol. The van der Waals surface area contributed by atoms with Crippen LogP contribution in [0.5, 0.6) is 0 Å². The summed E-state index contributed by atoms with van der Waals surface area (Å²) < 4.78 is 5.28. The number of nitrogens with two attached hydrogens (primary N) is 1. The lowest BCUT2D eigenvalue weighted by molar-refractivity contribution is 0.0670. The summed E-state index contributed by atoms with van der Waals surface area (Å²) in [4.78, 5) is 18.3. The number of hydrogen-bond donors (Lipinski definition) is 1. The number of likely N-dealkylation sites (tertiary alicyclic amines) is 1. The first-order chi connectivity index (χ1) is 10.6. The zero-order valence-corrected chi connectivity index (χ0v) is 12.6. The first-order valence-corrected chi connectivity index (χ1v) is 7.57. The number of carbonyl (C=O) groups is 1. The third-order valence-electron chi connectivity index (χ3n) is 4.26. The molecule has 2 aromatic heterocycles. The van der Waals surface area contributed by atoms with E-state index in [4.69, 9.17) is 10.3 Å². The quantitative estimate of drug-likeness (QED) is 0.936. The van der Waals surface area contributed by atoms with E-state index in [0.717, 1.165) is 31.5 Å². The van der Waals surface area contributed by atoms with Crippen LogP contribution in [0.2, 0.25) is 0 Å². The SMILES string of the molecule is CC(N)C1CCN(C(=O)c2cc(-c3ccncc3)on2)CC1. The van der Waals surface area contributed by atoms with Gasteiger partial charge in [0.1, 0.15) is 0 Å². The number of carbonyl (C=O) groups excluding carboxylic acids is 1. The maximum atomic E-state index is 12.5. The topological polar surface area (TPSA) is 85.2 Å². The first kappa shape index (κ1) is 14.7. The van der Waals surface area contributed by atoms with Crippen LogP contribution in [-0.2, 0) is 0 Å². The third kappa shape index (κ3) is 3.01. The fourth-order valence-electron chi connectivity index (χ4n) is 2.82. The highest BCUT2D eigenvalue weighted by Gasteiger charge is 2.27. The number of piperidine rings is 1. The van der Waals surface area contributed by atoms with Crippen molar-refractivity contribution in [3.63, 3.8) is 0 Å². The Morgan fingerprint density at radius 2 is 2.05 bits per heavy atom. The lowest BCUT2D eigenvalue weighted by Gasteiger charge is -2.33. The summed E-state index contributed by atoms with van der Waals surface area (Å²) in [6, 6.07) is 5.52. The van der Waals surface area contributed by atoms with Crippen LogP contribution in [0.1, 0.15) is 30.3 Å². The molecule has 1 amide bonds. The molecule has 1 fully saturated rings. The normalized spacial score (nSPS) is 17.5. The van der Waals surface area contributed by atoms with E-state index >= 15 is 0 Å². The van der Waals surface area contributed by atoms with Crippen molar-refractivity contribution in [1.82, 2.24) is 15.0 Å². The summed E-state index contributed by atoms with van der Waals surface area (Å²) in [6.07, 6.45) is 5.24. The van der Waals surface area contributed by atoms with Crippen LogP contribution in [-0.4, -0.2) is 40.1 Å². The van der Waals surface area contributed by atoms with Crippen LogP contribution in [0.15, 0.2) is 35.1 Å². The van der Waals surface area contributed by atoms with Gasteiger partial charge in [0.05, 0.1) is 0 Å². The maximum Gasteiger partial charge on any atom is 0.276 e. The van der Waals surface area contributed by atoms with E-state index in [1.54, 1.807) is 18.5 Å². The Labute approximate surface area is 129 Å². The van der Waals surface area contributed by atoms with Gasteiger partial charge in [-0.15, -0.1) is 0 Å². The Hall–Kier alpha value is -2.21. The predicted molar refractivity (Wildman–Crippen MR) is 82.0 cm³/mol. The number of aromatic nitrogens is 2. The zero-order valence-electron chi connectivity index (χ0n) is 12.6. The second-order valence-corrected chi connectivity index (χ2v) is 5.80. The molecule has 2 aromatic rings. The van der Waals surface area contributed by atoms with E-state index in [1.807, 2.05) is 24.0 Å². The number of hydrogen-bond acceptors (Lipinski definition) is 5. The van der Waals surface area contributed by atoms with Gasteiger partial charge >= 0.3 is 0 Å². The van der Waals surface area contributed by atoms with Gasteiger partial charge in [0.25, 0.3) is 5.91 Å². The summed E-state index contributed by atoms with van der Waals surface area (Å²) >= 11 is 0. The van der Waals surface area contributed by atoms with Crippen molar-refractivity contribution < 1.29 is 9.32 Å². The summed E-state index contributed by atoms with van der Waals surface area (Å²) in [5.41, 5.74) is 7.14. The standard InChI is InChI=1S/C16H20N4O2/c1-11(17)12-4-8-20(9-5-12)16(21)14-10-15(22-19-14)13-2-6-18-7-3-13/h2-3,6-7,10-12H,4-5,8-9,17H2,1H3. The molecule has 6 nitrogen and oxygen atoms in total. The van der Waals surface area contributed by atoms with Gasteiger partial charge in [0.2, 0.25) is 0 Å². The van der Waals surface area contributed by atoms with Gasteiger partial charge in [-0.25, -0.2) is 0 Å². The minimum atomic E-state index is -0.0767. The predicted octanol–water partition coefficient (Wildman–Crippen LogP) is 1.94. The first-order valence-electron chi connectivity index (χ1n) is 7.57. The monoisotopic (exact) mass is 300 g/mol. The van der Waals surface area contributed by atoms with E-state index in [0.29, 0.717) is 17.4 Å². The van der Waals surface area contributed by atoms with Crippen LogP contribution < -0.4 is 5.73 Å². The Balaban J connectivity index is 1.68. The van der Waals surface area contributed by atoms with Crippen LogP contribution >= 0.6 is 0 Å². The van der Waals surface area contributed by atoms with Gasteiger partial charge in [-0.3, -0.25) is 9.78 Å². The highest BCUT2D eigenvalue weighted by Crippen LogP contribution is 2.23. The van der Waals surface area contributed by atoms with Crippen molar-refractivity contribution in [1.29, 1.82) is 0 Å². The highest BCUT2D eigenvalue weighted by atomic mass is 16.5. The minimum absolute atomic E-state index is 0.0767. The molecule has 1 aliphatic rings. The molecule has 1 saturated heterocycles. The molecule has 1 aliphatic heterocycles. The lowest BCUT2D eigenvalue weighted by Crippen LogP contribution is -2.42. The molecule has 2 N–H and O–H groups in total. The number of rotatable bonds is 3. The Morgan fingerprint density at radius 1 is 1.36 bits per heavy atom. The van der Waals surface area contributed by atoms with Crippen molar-refractivity contribution >= 4 is 5.91 Å². The largest absolute Gasteiger partial charge is 0.355 e. The number of nitrogens with zero attached hydrogens (tertiary/aromatic N) is 3. The molecule has 0 saturated carbocycles. The Morgan fingerprint density at radius 3 is 2.68 bits per heavy atom. The molecule has 0 aliphatic carbocycles. The molecule has 0 spiro atoms. The van der Waals surface area contributed by atoms with E-state index in [-0.39, 0.29) is 11.9 Å². The second-order valence-electron chi connectivity index (χ2n) is 5.80. The Kier molecular flexibility index (Phi) is 4.20. The minimum Gasteiger partial charge on any atom is -0.355 e. The van der Waals surface area contributed by atoms with Gasteiger partial charge in [0, 0.05) is 43.2 Å². The van der Waals surface area contributed by atoms with E-state index in [9.17, 15) is 4.79 Å². The van der Waals surface area contributed by atoms with Crippen molar-refractivity contribution in [2.45, 2.75) is 25.8 Å². The molecular formula is C16H20N4O2. The maximum absolute atomic E-state index is 12.5. The van der Waals surface area contributed by atoms with Gasteiger partial charge < -0.3 is 15.2 Å². The number of amides is 1. The lowest BCUT2D eigenvalue weighted by atomic mass is 9.91. The summed E-state index contributed by atoms with van der Waals surface area (Å²) in [5, 5.41) is 3.91. The average Bonchev–Trinajstić information content (AvgIpc) is 3.05. The molecule has 0 aromatic carbocycles. The number of pyridine rings is 1. The summed E-state index contributed by atoms with van der Waals surface area (Å²) in [7, 11) is 0. The highest BCUT2D eigenvalue weighted by molar-refractivity contribution is 5.93. The smallest absolute Gasteiger partial charge is 0.276 e. The van der Waals surface area contributed by atoms with E-state index < -0.39 is 0 Å². The van der Waals surface area contributed by atoms with Crippen molar-refractivity contribution in [3.05, 3.63) is 36.3 Å². The molecule has 0 radical (unpaired) electrons. The van der Waals surface area contributed by atoms with Crippen molar-refractivity contribution in [2.75, 3.05) is 13.1 Å². The fraction of sp³-hybridized carbons (Fsp3) is 0.438. The summed E-state index contributed by atoms with van der Waals surface area (Å²) in [6.45, 7) is 3.48. The molecule has 3 heterocycles. The molecule has 0 bridgehead atoms. The second kappa shape index (κ2) is 6.27. The summed E-state index contributed by atoms with van der Waals surface area (Å²) in [5.74, 6) is 0.997. The van der Waals surface area contributed by atoms with E-state index in [1.165, 1.54) is 0 Å². The van der Waals surface area contributed by atoms with Crippen LogP contribution in [0.4, 0.5) is 0 Å². The fourth-order valence-corrected chi connectivity index (χ4v) is 2.82. The molecule has 3 rings (SSSR count). The van der Waals surface area contributed by atoms with Gasteiger partial charge in [-0.05, 0) is 37.8 Å². The molecule has 1 atom stereocenters. The Bertz CT molecular complexity index is 631. The van der Waals surface area contributed by atoms with Gasteiger partial charge in [-0.1, -0.05) is 5.16 Å². The molecule has 116 valence electrons. The van der Waals surface area contributed by atoms with Gasteiger partial charge in [0.15, 0.2) is 11.5 Å². The van der Waals surface area contributed by atoms with Crippen molar-refractivity contribution in [2.24, 2.45) is 11.7 Å². The molecule has 6 heteroatoms. The zero-order chi connectivity index (χ0) is 15.5. The molecule has 22 heavy (non-hydrogen) atoms. The molecular weight excluding hydrogens is 280 g/mol. The third-order valence-corrected chi connectivity index (χ3v) is 4.26. The van der Waals surface area contributed by atoms with Crippen molar-refractivity contribution in [3.8, 4) is 11.3 Å².